The molecule has 0 aliphatic carbocycles. The molecule has 1 aromatic rings. The van der Waals surface area contributed by atoms with Gasteiger partial charge in [0.15, 0.2) is 0 Å². The first-order valence-electron chi connectivity index (χ1n) is 7.64. The van der Waals surface area contributed by atoms with Crippen LogP contribution < -0.4 is 4.90 Å². The molecule has 3 rings (SSSR count). The lowest BCUT2D eigenvalue weighted by Gasteiger charge is -2.21. The number of carbonyl (C=O) groups excluding carboxylic acids is 2. The summed E-state index contributed by atoms with van der Waals surface area (Å²) >= 11 is 0. The third-order valence-electron chi connectivity index (χ3n) is 4.52. The Morgan fingerprint density at radius 1 is 1.17 bits per heavy atom. The summed E-state index contributed by atoms with van der Waals surface area (Å²) in [5.41, 5.74) is -0.0541. The van der Waals surface area contributed by atoms with E-state index in [-0.39, 0.29) is 31.1 Å². The fourth-order valence-electron chi connectivity index (χ4n) is 3.23. The predicted molar refractivity (Wildman–Crippen MR) is 79.1 cm³/mol. The number of rotatable bonds is 3. The van der Waals surface area contributed by atoms with Crippen LogP contribution in [-0.4, -0.2) is 47.4 Å². The molecule has 2 aliphatic heterocycles. The fourth-order valence-corrected chi connectivity index (χ4v) is 3.23. The van der Waals surface area contributed by atoms with E-state index >= 15 is 0 Å². The Balaban J connectivity index is 1.70. The quantitative estimate of drug-likeness (QED) is 0.900. The number of halogens is 2. The smallest absolute Gasteiger partial charge is 0.308 e. The van der Waals surface area contributed by atoms with E-state index in [4.69, 9.17) is 5.11 Å². The topological polar surface area (TPSA) is 77.9 Å². The van der Waals surface area contributed by atoms with Crippen molar-refractivity contribution in [2.75, 3.05) is 24.5 Å². The molecule has 0 bridgehead atoms. The fraction of sp³-hybridized carbons (Fsp3) is 0.438. The zero-order valence-corrected chi connectivity index (χ0v) is 12.7. The Bertz CT molecular complexity index is 709. The molecule has 0 aromatic heterocycles. The molecule has 2 aliphatic rings. The molecule has 8 heteroatoms. The van der Waals surface area contributed by atoms with Gasteiger partial charge in [-0.05, 0) is 18.6 Å². The second-order valence-corrected chi connectivity index (χ2v) is 6.11. The van der Waals surface area contributed by atoms with E-state index in [0.717, 1.165) is 11.0 Å². The number of aliphatic carboxylic acids is 1. The normalized spacial score (nSPS) is 23.8. The van der Waals surface area contributed by atoms with Crippen LogP contribution in [0.15, 0.2) is 18.2 Å². The van der Waals surface area contributed by atoms with Crippen molar-refractivity contribution in [2.45, 2.75) is 12.8 Å². The number of benzene rings is 1. The van der Waals surface area contributed by atoms with E-state index in [9.17, 15) is 23.2 Å². The van der Waals surface area contributed by atoms with Crippen LogP contribution >= 0.6 is 0 Å². The van der Waals surface area contributed by atoms with E-state index < -0.39 is 35.3 Å². The summed E-state index contributed by atoms with van der Waals surface area (Å²) in [6, 6.07) is 2.92. The average Bonchev–Trinajstić information content (AvgIpc) is 3.14. The summed E-state index contributed by atoms with van der Waals surface area (Å²) in [5, 5.41) is 8.99. The lowest BCUT2D eigenvalue weighted by atomic mass is 10.1. The third-order valence-corrected chi connectivity index (χ3v) is 4.52. The molecule has 2 heterocycles. The van der Waals surface area contributed by atoms with E-state index in [1.165, 1.54) is 11.0 Å². The first-order valence-corrected chi connectivity index (χ1v) is 7.64. The number of anilines is 1. The van der Waals surface area contributed by atoms with Gasteiger partial charge in [-0.25, -0.2) is 8.78 Å². The Hall–Kier alpha value is -2.51. The molecule has 0 unspecified atom stereocenters. The van der Waals surface area contributed by atoms with Crippen molar-refractivity contribution in [3.63, 3.8) is 0 Å². The van der Waals surface area contributed by atoms with Crippen LogP contribution in [0, 0.1) is 23.5 Å². The maximum atomic E-state index is 13.9. The number of hydrogen-bond acceptors (Lipinski definition) is 3. The van der Waals surface area contributed by atoms with Crippen LogP contribution in [0.3, 0.4) is 0 Å². The number of carboxylic acid groups (broad SMARTS) is 1. The van der Waals surface area contributed by atoms with Gasteiger partial charge in [0.2, 0.25) is 11.8 Å². The Kier molecular flexibility index (Phi) is 4.21. The zero-order valence-electron chi connectivity index (χ0n) is 12.7. The summed E-state index contributed by atoms with van der Waals surface area (Å²) in [6.45, 7) is 0.476. The maximum Gasteiger partial charge on any atom is 0.308 e. The molecular weight excluding hydrogens is 322 g/mol. The van der Waals surface area contributed by atoms with Crippen molar-refractivity contribution < 1.29 is 28.3 Å². The molecule has 24 heavy (non-hydrogen) atoms. The molecule has 2 amide bonds. The van der Waals surface area contributed by atoms with Gasteiger partial charge in [-0.15, -0.1) is 0 Å². The van der Waals surface area contributed by atoms with E-state index in [2.05, 4.69) is 0 Å². The maximum absolute atomic E-state index is 13.9. The number of hydrogen-bond donors (Lipinski definition) is 1. The standard InChI is InChI=1S/C16H16F2N2O4/c17-11-1-2-13(12(18)6-11)20-8-10(5-14(20)21)15(22)19-4-3-9(7-19)16(23)24/h1-2,6,9-10H,3-5,7-8H2,(H,23,24)/t9-,10+/m1/s1. The molecular formula is C16H16F2N2O4. The van der Waals surface area contributed by atoms with Crippen molar-refractivity contribution in [3.05, 3.63) is 29.8 Å². The first-order chi connectivity index (χ1) is 11.4. The largest absolute Gasteiger partial charge is 0.481 e. The minimum Gasteiger partial charge on any atom is -0.481 e. The summed E-state index contributed by atoms with van der Waals surface area (Å²) in [5.74, 6) is -4.48. The van der Waals surface area contributed by atoms with Crippen molar-refractivity contribution >= 4 is 23.5 Å². The predicted octanol–water partition coefficient (Wildman–Crippen LogP) is 1.25. The Labute approximate surface area is 136 Å². The van der Waals surface area contributed by atoms with Gasteiger partial charge in [0.25, 0.3) is 0 Å². The summed E-state index contributed by atoms with van der Waals surface area (Å²) in [4.78, 5) is 38.2. The van der Waals surface area contributed by atoms with E-state index in [1.54, 1.807) is 0 Å². The van der Waals surface area contributed by atoms with Gasteiger partial charge in [-0.1, -0.05) is 0 Å². The summed E-state index contributed by atoms with van der Waals surface area (Å²) in [6.07, 6.45) is 0.321. The van der Waals surface area contributed by atoms with Gasteiger partial charge in [0, 0.05) is 32.1 Å². The first kappa shape index (κ1) is 16.4. The van der Waals surface area contributed by atoms with Gasteiger partial charge < -0.3 is 14.9 Å². The molecule has 6 nitrogen and oxygen atoms in total. The van der Waals surface area contributed by atoms with Gasteiger partial charge in [-0.3, -0.25) is 14.4 Å². The van der Waals surface area contributed by atoms with E-state index in [1.807, 2.05) is 0 Å². The molecule has 0 spiro atoms. The highest BCUT2D eigenvalue weighted by Crippen LogP contribution is 2.30. The molecule has 1 N–H and O–H groups in total. The minimum atomic E-state index is -0.942. The average molecular weight is 338 g/mol. The van der Waals surface area contributed by atoms with Crippen LogP contribution in [0.4, 0.5) is 14.5 Å². The SMILES string of the molecule is O=C(O)[C@@H]1CCN(C(=O)[C@H]2CC(=O)N(c3ccc(F)cc3F)C2)C1. The lowest BCUT2D eigenvalue weighted by Crippen LogP contribution is -2.36. The second kappa shape index (κ2) is 6.18. The van der Waals surface area contributed by atoms with Crippen LogP contribution in [0.2, 0.25) is 0 Å². The number of amides is 2. The second-order valence-electron chi connectivity index (χ2n) is 6.11. The zero-order chi connectivity index (χ0) is 17.4. The van der Waals surface area contributed by atoms with E-state index in [0.29, 0.717) is 19.0 Å². The van der Waals surface area contributed by atoms with Crippen LogP contribution in [-0.2, 0) is 14.4 Å². The molecule has 2 fully saturated rings. The number of carbonyl (C=O) groups is 3. The van der Waals surface area contributed by atoms with Gasteiger partial charge in [0.05, 0.1) is 17.5 Å². The van der Waals surface area contributed by atoms with Crippen LogP contribution in [0.5, 0.6) is 0 Å². The van der Waals surface area contributed by atoms with Crippen LogP contribution in [0.1, 0.15) is 12.8 Å². The van der Waals surface area contributed by atoms with Gasteiger partial charge >= 0.3 is 5.97 Å². The highest BCUT2D eigenvalue weighted by molar-refractivity contribution is 6.00. The Morgan fingerprint density at radius 3 is 2.54 bits per heavy atom. The number of carboxylic acids is 1. The number of likely N-dealkylation sites (tertiary alicyclic amines) is 1. The van der Waals surface area contributed by atoms with Crippen molar-refractivity contribution in [1.82, 2.24) is 4.90 Å². The molecule has 0 radical (unpaired) electrons. The monoisotopic (exact) mass is 338 g/mol. The third kappa shape index (κ3) is 2.95. The Morgan fingerprint density at radius 2 is 1.92 bits per heavy atom. The van der Waals surface area contributed by atoms with Crippen molar-refractivity contribution in [2.24, 2.45) is 11.8 Å². The summed E-state index contributed by atoms with van der Waals surface area (Å²) < 4.78 is 26.8. The van der Waals surface area contributed by atoms with Crippen molar-refractivity contribution in [1.29, 1.82) is 0 Å². The van der Waals surface area contributed by atoms with Crippen molar-refractivity contribution in [3.8, 4) is 0 Å². The highest BCUT2D eigenvalue weighted by Gasteiger charge is 2.40. The lowest BCUT2D eigenvalue weighted by molar-refractivity contribution is -0.141. The van der Waals surface area contributed by atoms with Gasteiger partial charge in [-0.2, -0.15) is 0 Å². The highest BCUT2D eigenvalue weighted by atomic mass is 19.1. The minimum absolute atomic E-state index is 0.00839. The van der Waals surface area contributed by atoms with Crippen LogP contribution in [0.25, 0.3) is 0 Å². The molecule has 128 valence electrons. The molecule has 1 aromatic carbocycles. The van der Waals surface area contributed by atoms with Gasteiger partial charge in [0.1, 0.15) is 11.6 Å². The molecule has 2 atom stereocenters. The number of nitrogens with zero attached hydrogens (tertiary/aromatic N) is 2. The summed E-state index contributed by atoms with van der Waals surface area (Å²) in [7, 11) is 0. The molecule has 2 saturated heterocycles. The molecule has 0 saturated carbocycles.